The Morgan fingerprint density at radius 1 is 1.00 bits per heavy atom. The lowest BCUT2D eigenvalue weighted by molar-refractivity contribution is 0.235. The molecule has 0 saturated carbocycles. The fourth-order valence-electron chi connectivity index (χ4n) is 4.54. The minimum Gasteiger partial charge on any atom is -0.338 e. The van der Waals surface area contributed by atoms with Gasteiger partial charge in [-0.3, -0.25) is 4.67 Å². The molecule has 0 amide bonds. The van der Waals surface area contributed by atoms with E-state index in [4.69, 9.17) is 4.52 Å². The Labute approximate surface area is 161 Å². The van der Waals surface area contributed by atoms with Gasteiger partial charge in [-0.2, -0.15) is 10.0 Å². The van der Waals surface area contributed by atoms with Gasteiger partial charge in [-0.25, -0.2) is 0 Å². The van der Waals surface area contributed by atoms with Gasteiger partial charge in [0.1, 0.15) is 8.30 Å². The molecular formula is C22H30NOPS. The average Bonchev–Trinajstić information content (AvgIpc) is 3.31. The van der Waals surface area contributed by atoms with Crippen molar-refractivity contribution >= 4 is 18.3 Å². The zero-order valence-corrected chi connectivity index (χ0v) is 17.6. The first-order chi connectivity index (χ1) is 12.8. The van der Waals surface area contributed by atoms with Crippen LogP contribution >= 0.6 is 18.3 Å². The summed E-state index contributed by atoms with van der Waals surface area (Å²) in [5.74, 6) is 2.34. The number of nitrogens with zero attached hydrogens (tertiary/aromatic N) is 1. The van der Waals surface area contributed by atoms with E-state index in [9.17, 15) is 0 Å². The monoisotopic (exact) mass is 387 g/mol. The molecule has 2 heterocycles. The fourth-order valence-corrected chi connectivity index (χ4v) is 10.5. The van der Waals surface area contributed by atoms with Crippen LogP contribution in [0.5, 0.6) is 0 Å². The molecule has 2 nitrogen and oxygen atoms in total. The quantitative estimate of drug-likeness (QED) is 0.553. The molecule has 0 N–H and O–H groups in total. The van der Waals surface area contributed by atoms with Crippen molar-refractivity contribution in [1.29, 1.82) is 0 Å². The summed E-state index contributed by atoms with van der Waals surface area (Å²) < 4.78 is 9.39. The van der Waals surface area contributed by atoms with E-state index in [0.29, 0.717) is 12.1 Å². The van der Waals surface area contributed by atoms with Gasteiger partial charge in [-0.1, -0.05) is 50.2 Å². The number of hydrogen-bond donors (Lipinski definition) is 0. The van der Waals surface area contributed by atoms with E-state index in [1.165, 1.54) is 34.9 Å². The second kappa shape index (κ2) is 8.02. The summed E-state index contributed by atoms with van der Waals surface area (Å²) in [6.45, 7) is 5.91. The largest absolute Gasteiger partial charge is 0.338 e. The van der Waals surface area contributed by atoms with Crippen molar-refractivity contribution in [1.82, 2.24) is 4.67 Å². The molecule has 0 aromatic heterocycles. The molecule has 0 unspecified atom stereocenters. The molecule has 2 aromatic carbocycles. The van der Waals surface area contributed by atoms with Crippen molar-refractivity contribution in [3.8, 4) is 0 Å². The minimum atomic E-state index is -1.09. The molecule has 140 valence electrons. The van der Waals surface area contributed by atoms with Crippen LogP contribution in [-0.2, 0) is 4.52 Å². The van der Waals surface area contributed by atoms with Crippen LogP contribution in [0.3, 0.4) is 0 Å². The third kappa shape index (κ3) is 3.24. The maximum absolute atomic E-state index is 6.69. The van der Waals surface area contributed by atoms with E-state index < -0.39 is 10.0 Å². The second-order valence-corrected chi connectivity index (χ2v) is 12.8. The van der Waals surface area contributed by atoms with Gasteiger partial charge in [0.15, 0.2) is 0 Å². The maximum Gasteiger partial charge on any atom is 0.104 e. The number of hydrogen-bond acceptors (Lipinski definition) is 2. The highest BCUT2D eigenvalue weighted by molar-refractivity contribution is 8.33. The molecule has 3 atom stereocenters. The SMILES string of the molecule is CC[P@]1O[C@H](CS(CC)(c2ccccc2)c2ccccc2)[C@@H]2CCCN21. The Morgan fingerprint density at radius 3 is 2.15 bits per heavy atom. The van der Waals surface area contributed by atoms with E-state index in [-0.39, 0.29) is 8.30 Å². The molecule has 26 heavy (non-hydrogen) atoms. The summed E-state index contributed by atoms with van der Waals surface area (Å²) in [6, 6.07) is 23.1. The average molecular weight is 388 g/mol. The van der Waals surface area contributed by atoms with Crippen LogP contribution in [0.4, 0.5) is 0 Å². The van der Waals surface area contributed by atoms with Crippen molar-refractivity contribution in [2.45, 2.75) is 48.6 Å². The molecule has 0 radical (unpaired) electrons. The summed E-state index contributed by atoms with van der Waals surface area (Å²) in [5.41, 5.74) is 0. The van der Waals surface area contributed by atoms with Crippen LogP contribution < -0.4 is 0 Å². The molecule has 2 saturated heterocycles. The van der Waals surface area contributed by atoms with E-state index in [1.807, 2.05) is 0 Å². The lowest BCUT2D eigenvalue weighted by Gasteiger charge is -2.42. The van der Waals surface area contributed by atoms with Crippen molar-refractivity contribution in [2.75, 3.05) is 24.2 Å². The second-order valence-electron chi connectivity index (χ2n) is 7.15. The molecule has 2 fully saturated rings. The van der Waals surface area contributed by atoms with Crippen molar-refractivity contribution in [2.24, 2.45) is 0 Å². The Bertz CT molecular complexity index is 671. The lowest BCUT2D eigenvalue weighted by atomic mass is 10.1. The van der Waals surface area contributed by atoms with Gasteiger partial charge < -0.3 is 4.52 Å². The normalized spacial score (nSPS) is 26.8. The highest BCUT2D eigenvalue weighted by Crippen LogP contribution is 2.65. The smallest absolute Gasteiger partial charge is 0.104 e. The summed E-state index contributed by atoms with van der Waals surface area (Å²) >= 11 is 0. The Hall–Kier alpha value is -0.860. The first-order valence-electron chi connectivity index (χ1n) is 9.88. The van der Waals surface area contributed by atoms with Crippen LogP contribution in [0.15, 0.2) is 70.5 Å². The Balaban J connectivity index is 1.72. The third-order valence-electron chi connectivity index (χ3n) is 5.84. The van der Waals surface area contributed by atoms with Crippen LogP contribution in [0.2, 0.25) is 0 Å². The fraction of sp³-hybridized carbons (Fsp3) is 0.455. The number of rotatable bonds is 6. The van der Waals surface area contributed by atoms with Crippen molar-refractivity contribution < 1.29 is 4.52 Å². The van der Waals surface area contributed by atoms with Gasteiger partial charge in [0.05, 0.1) is 6.10 Å². The summed E-state index contributed by atoms with van der Waals surface area (Å²) in [5, 5.41) is 0. The van der Waals surface area contributed by atoms with E-state index in [0.717, 1.165) is 11.9 Å². The zero-order valence-electron chi connectivity index (χ0n) is 15.9. The van der Waals surface area contributed by atoms with Crippen LogP contribution in [0, 0.1) is 0 Å². The summed E-state index contributed by atoms with van der Waals surface area (Å²) in [4.78, 5) is 3.02. The van der Waals surface area contributed by atoms with Gasteiger partial charge in [-0.15, -0.1) is 0 Å². The van der Waals surface area contributed by atoms with Crippen LogP contribution in [-0.4, -0.2) is 41.0 Å². The summed E-state index contributed by atoms with van der Waals surface area (Å²) in [6.07, 6.45) is 4.20. The van der Waals surface area contributed by atoms with Gasteiger partial charge in [0, 0.05) is 24.5 Å². The predicted molar refractivity (Wildman–Crippen MR) is 114 cm³/mol. The molecule has 0 aliphatic carbocycles. The van der Waals surface area contributed by atoms with Crippen molar-refractivity contribution in [3.63, 3.8) is 0 Å². The van der Waals surface area contributed by atoms with E-state index >= 15 is 0 Å². The molecular weight excluding hydrogens is 357 g/mol. The standard InChI is InChI=1S/C22H30NOPS/c1-3-25-23-17-11-16-21(23)22(24-25)18-26(4-2,19-12-7-5-8-13-19)20-14-9-6-10-15-20/h5-10,12-15,21-22H,3-4,11,16-18H2,1-2H3/t21-,22+,25-/m0/s1. The molecule has 2 aliphatic rings. The molecule has 0 bridgehead atoms. The molecule has 2 aromatic rings. The topological polar surface area (TPSA) is 12.5 Å². The summed E-state index contributed by atoms with van der Waals surface area (Å²) in [7, 11) is -1.46. The number of benzene rings is 2. The first-order valence-corrected chi connectivity index (χ1v) is 13.2. The third-order valence-corrected chi connectivity index (χ3v) is 12.2. The van der Waals surface area contributed by atoms with Crippen molar-refractivity contribution in [3.05, 3.63) is 60.7 Å². The lowest BCUT2D eigenvalue weighted by Crippen LogP contribution is -2.33. The van der Waals surface area contributed by atoms with Gasteiger partial charge >= 0.3 is 0 Å². The zero-order chi connectivity index (χ0) is 18.0. The molecule has 2 aliphatic heterocycles. The highest BCUT2D eigenvalue weighted by Gasteiger charge is 2.46. The Morgan fingerprint density at radius 2 is 1.62 bits per heavy atom. The first kappa shape index (κ1) is 18.5. The van der Waals surface area contributed by atoms with Crippen LogP contribution in [0.1, 0.15) is 26.7 Å². The number of fused-ring (bicyclic) bond motifs is 1. The predicted octanol–water partition coefficient (Wildman–Crippen LogP) is 6.12. The van der Waals surface area contributed by atoms with Gasteiger partial charge in [0.25, 0.3) is 0 Å². The van der Waals surface area contributed by atoms with E-state index in [1.54, 1.807) is 0 Å². The highest BCUT2D eigenvalue weighted by atomic mass is 32.3. The molecule has 4 rings (SSSR count). The Kier molecular flexibility index (Phi) is 5.71. The van der Waals surface area contributed by atoms with Crippen LogP contribution in [0.25, 0.3) is 0 Å². The van der Waals surface area contributed by atoms with Gasteiger partial charge in [-0.05, 0) is 52.7 Å². The van der Waals surface area contributed by atoms with E-state index in [2.05, 4.69) is 79.2 Å². The van der Waals surface area contributed by atoms with Gasteiger partial charge in [0.2, 0.25) is 0 Å². The minimum absolute atomic E-state index is 0.372. The molecule has 4 heteroatoms. The molecule has 0 spiro atoms. The maximum atomic E-state index is 6.69.